The summed E-state index contributed by atoms with van der Waals surface area (Å²) in [5.74, 6) is 0.668. The third-order valence-corrected chi connectivity index (χ3v) is 5.26. The van der Waals surface area contributed by atoms with E-state index in [1.807, 2.05) is 55.5 Å². The number of aromatic nitrogens is 3. The van der Waals surface area contributed by atoms with E-state index >= 15 is 0 Å². The maximum atomic E-state index is 12.9. The van der Waals surface area contributed by atoms with Gasteiger partial charge < -0.3 is 14.6 Å². The van der Waals surface area contributed by atoms with Crippen molar-refractivity contribution in [2.24, 2.45) is 0 Å². The Morgan fingerprint density at radius 2 is 1.94 bits per heavy atom. The first-order chi connectivity index (χ1) is 15.0. The van der Waals surface area contributed by atoms with Gasteiger partial charge in [-0.2, -0.15) is 5.10 Å². The van der Waals surface area contributed by atoms with Crippen LogP contribution in [-0.4, -0.2) is 33.7 Å². The molecule has 0 radical (unpaired) electrons. The second-order valence-corrected chi connectivity index (χ2v) is 7.34. The van der Waals surface area contributed by atoms with Crippen LogP contribution in [0.25, 0.3) is 16.8 Å². The molecule has 0 fully saturated rings. The van der Waals surface area contributed by atoms with Crippen molar-refractivity contribution >= 4 is 11.4 Å². The minimum absolute atomic E-state index is 0.0620. The number of nitrogens with one attached hydrogen (secondary N) is 1. The number of hydrogen-bond acceptors (Lipinski definition) is 4. The summed E-state index contributed by atoms with van der Waals surface area (Å²) in [6.45, 7) is 2.74. The molecule has 0 saturated carbocycles. The molecular formula is C24H24N4O3. The molecule has 0 unspecified atom stereocenters. The Labute approximate surface area is 179 Å². The van der Waals surface area contributed by atoms with Gasteiger partial charge in [0.1, 0.15) is 11.3 Å². The van der Waals surface area contributed by atoms with Gasteiger partial charge in [-0.3, -0.25) is 9.59 Å². The Morgan fingerprint density at radius 3 is 2.74 bits per heavy atom. The van der Waals surface area contributed by atoms with Crippen molar-refractivity contribution in [3.8, 4) is 17.0 Å². The maximum Gasteiger partial charge on any atom is 0.276 e. The summed E-state index contributed by atoms with van der Waals surface area (Å²) in [5, 5.41) is 7.39. The number of nitrogens with zero attached hydrogens (tertiary/aromatic N) is 3. The quantitative estimate of drug-likeness (QED) is 0.503. The highest BCUT2D eigenvalue weighted by Crippen LogP contribution is 2.23. The molecule has 7 nitrogen and oxygen atoms in total. The summed E-state index contributed by atoms with van der Waals surface area (Å²) in [7, 11) is 1.61. The molecule has 7 heteroatoms. The van der Waals surface area contributed by atoms with Gasteiger partial charge in [-0.25, -0.2) is 4.52 Å². The minimum Gasteiger partial charge on any atom is -0.497 e. The van der Waals surface area contributed by atoms with Gasteiger partial charge in [-0.15, -0.1) is 0 Å². The van der Waals surface area contributed by atoms with Gasteiger partial charge in [0.25, 0.3) is 5.56 Å². The van der Waals surface area contributed by atoms with Crippen LogP contribution in [0.1, 0.15) is 11.1 Å². The number of ether oxygens (including phenoxy) is 1. The largest absolute Gasteiger partial charge is 0.497 e. The molecule has 1 amide bonds. The molecule has 0 spiro atoms. The normalized spacial score (nSPS) is 10.9. The highest BCUT2D eigenvalue weighted by Gasteiger charge is 2.10. The van der Waals surface area contributed by atoms with E-state index in [4.69, 9.17) is 4.74 Å². The number of carbonyl (C=O) groups excluding carboxylic acids is 1. The molecule has 0 aliphatic heterocycles. The fourth-order valence-corrected chi connectivity index (χ4v) is 3.49. The van der Waals surface area contributed by atoms with Gasteiger partial charge in [-0.1, -0.05) is 36.4 Å². The van der Waals surface area contributed by atoms with Gasteiger partial charge in [0, 0.05) is 31.0 Å². The molecule has 0 atom stereocenters. The molecule has 2 aromatic heterocycles. The molecule has 0 aliphatic rings. The van der Waals surface area contributed by atoms with Gasteiger partial charge in [-0.05, 0) is 36.2 Å². The number of amides is 1. The molecular weight excluding hydrogens is 392 g/mol. The topological polar surface area (TPSA) is 77.6 Å². The molecule has 4 aromatic rings. The van der Waals surface area contributed by atoms with Crippen molar-refractivity contribution < 1.29 is 9.53 Å². The van der Waals surface area contributed by atoms with Gasteiger partial charge >= 0.3 is 0 Å². The standard InChI is InChI=1S/C24H24N4O3/c1-17-6-3-4-7-18(17)15-23(29)25-10-11-27-12-13-28-22(24(27)30)16-21(26-28)19-8-5-9-20(14-19)31-2/h3-9,12-14,16H,10-11,15H2,1-2H3,(H,25,29). The van der Waals surface area contributed by atoms with E-state index in [2.05, 4.69) is 10.4 Å². The van der Waals surface area contributed by atoms with E-state index in [1.165, 1.54) is 0 Å². The molecule has 31 heavy (non-hydrogen) atoms. The average Bonchev–Trinajstić information content (AvgIpc) is 3.22. The minimum atomic E-state index is -0.155. The van der Waals surface area contributed by atoms with Crippen LogP contribution in [0.2, 0.25) is 0 Å². The smallest absolute Gasteiger partial charge is 0.276 e. The number of benzene rings is 2. The zero-order chi connectivity index (χ0) is 21.8. The first kappa shape index (κ1) is 20.4. The van der Waals surface area contributed by atoms with Crippen molar-refractivity contribution in [2.75, 3.05) is 13.7 Å². The van der Waals surface area contributed by atoms with Gasteiger partial charge in [0.15, 0.2) is 0 Å². The zero-order valence-corrected chi connectivity index (χ0v) is 17.5. The summed E-state index contributed by atoms with van der Waals surface area (Å²) < 4.78 is 8.42. The van der Waals surface area contributed by atoms with Crippen LogP contribution in [0.5, 0.6) is 5.75 Å². The van der Waals surface area contributed by atoms with Crippen molar-refractivity contribution in [2.45, 2.75) is 19.9 Å². The monoisotopic (exact) mass is 416 g/mol. The lowest BCUT2D eigenvalue weighted by Crippen LogP contribution is -2.32. The van der Waals surface area contributed by atoms with Crippen LogP contribution in [0.3, 0.4) is 0 Å². The average molecular weight is 416 g/mol. The second kappa shape index (κ2) is 8.87. The number of carbonyl (C=O) groups is 1. The highest BCUT2D eigenvalue weighted by molar-refractivity contribution is 5.78. The third-order valence-electron chi connectivity index (χ3n) is 5.26. The lowest BCUT2D eigenvalue weighted by Gasteiger charge is -2.09. The van der Waals surface area contributed by atoms with Crippen LogP contribution in [0.15, 0.2) is 71.8 Å². The Morgan fingerprint density at radius 1 is 1.10 bits per heavy atom. The predicted octanol–water partition coefficient (Wildman–Crippen LogP) is 2.84. The van der Waals surface area contributed by atoms with E-state index in [-0.39, 0.29) is 11.5 Å². The van der Waals surface area contributed by atoms with Crippen LogP contribution in [0, 0.1) is 6.92 Å². The lowest BCUT2D eigenvalue weighted by molar-refractivity contribution is -0.120. The summed E-state index contributed by atoms with van der Waals surface area (Å²) in [5.41, 5.74) is 3.98. The number of rotatable bonds is 7. The maximum absolute atomic E-state index is 12.9. The number of fused-ring (bicyclic) bond motifs is 1. The van der Waals surface area contributed by atoms with Crippen molar-refractivity contribution in [3.63, 3.8) is 0 Å². The number of methoxy groups -OCH3 is 1. The molecule has 0 aliphatic carbocycles. The van der Waals surface area contributed by atoms with E-state index in [1.54, 1.807) is 34.7 Å². The van der Waals surface area contributed by atoms with Gasteiger partial charge in [0.05, 0.1) is 19.2 Å². The van der Waals surface area contributed by atoms with Crippen molar-refractivity contribution in [3.05, 3.63) is 88.5 Å². The highest BCUT2D eigenvalue weighted by atomic mass is 16.5. The third kappa shape index (κ3) is 4.50. The predicted molar refractivity (Wildman–Crippen MR) is 119 cm³/mol. The molecule has 2 aromatic carbocycles. The first-order valence-electron chi connectivity index (χ1n) is 10.1. The molecule has 0 bridgehead atoms. The summed E-state index contributed by atoms with van der Waals surface area (Å²) in [6, 6.07) is 17.1. The molecule has 1 N–H and O–H groups in total. The van der Waals surface area contributed by atoms with E-state index in [9.17, 15) is 9.59 Å². The Balaban J connectivity index is 1.45. The first-order valence-corrected chi connectivity index (χ1v) is 10.1. The van der Waals surface area contributed by atoms with Crippen LogP contribution in [0.4, 0.5) is 0 Å². The van der Waals surface area contributed by atoms with E-state index in [0.29, 0.717) is 30.7 Å². The fraction of sp³-hybridized carbons (Fsp3) is 0.208. The summed E-state index contributed by atoms with van der Waals surface area (Å²) in [6.07, 6.45) is 3.76. The SMILES string of the molecule is COc1cccc(-c2cc3c(=O)n(CCNC(=O)Cc4ccccc4C)ccn3n2)c1. The zero-order valence-electron chi connectivity index (χ0n) is 17.5. The molecule has 158 valence electrons. The van der Waals surface area contributed by atoms with Crippen LogP contribution in [-0.2, 0) is 17.8 Å². The lowest BCUT2D eigenvalue weighted by atomic mass is 10.1. The second-order valence-electron chi connectivity index (χ2n) is 7.34. The number of hydrogen-bond donors (Lipinski definition) is 1. The van der Waals surface area contributed by atoms with E-state index in [0.717, 1.165) is 22.4 Å². The summed E-state index contributed by atoms with van der Waals surface area (Å²) >= 11 is 0. The van der Waals surface area contributed by atoms with E-state index < -0.39 is 0 Å². The van der Waals surface area contributed by atoms with Crippen LogP contribution < -0.4 is 15.6 Å². The van der Waals surface area contributed by atoms with Crippen molar-refractivity contribution in [1.82, 2.24) is 19.5 Å². The van der Waals surface area contributed by atoms with Gasteiger partial charge in [0.2, 0.25) is 5.91 Å². The Bertz CT molecular complexity index is 1290. The molecule has 4 rings (SSSR count). The number of aryl methyl sites for hydroxylation is 1. The Kier molecular flexibility index (Phi) is 5.84. The fourth-order valence-electron chi connectivity index (χ4n) is 3.49. The molecule has 0 saturated heterocycles. The Hall–Kier alpha value is -3.87. The molecule has 2 heterocycles. The summed E-state index contributed by atoms with van der Waals surface area (Å²) in [4.78, 5) is 25.1. The van der Waals surface area contributed by atoms with Crippen molar-refractivity contribution in [1.29, 1.82) is 0 Å². The van der Waals surface area contributed by atoms with Crippen LogP contribution >= 0.6 is 0 Å².